The van der Waals surface area contributed by atoms with E-state index in [-0.39, 0.29) is 11.9 Å². The number of hydrogen-bond acceptors (Lipinski definition) is 2. The van der Waals surface area contributed by atoms with Gasteiger partial charge in [0.05, 0.1) is 0 Å². The smallest absolute Gasteiger partial charge is 0.407 e. The molecule has 1 fully saturated rings. The molecular weight excluding hydrogens is 280 g/mol. The number of para-hydroxylation sites is 1. The molecule has 0 radical (unpaired) electrons. The summed E-state index contributed by atoms with van der Waals surface area (Å²) >= 11 is 0. The van der Waals surface area contributed by atoms with Crippen LogP contribution in [0, 0.1) is 5.41 Å². The third-order valence-corrected chi connectivity index (χ3v) is 3.99. The molecule has 0 bridgehead atoms. The van der Waals surface area contributed by atoms with E-state index in [4.69, 9.17) is 5.11 Å². The molecule has 5 nitrogen and oxygen atoms in total. The number of benzene rings is 1. The Hall–Kier alpha value is -2.04. The van der Waals surface area contributed by atoms with Crippen molar-refractivity contribution in [2.24, 2.45) is 5.41 Å². The molecule has 22 heavy (non-hydrogen) atoms. The van der Waals surface area contributed by atoms with E-state index in [2.05, 4.69) is 0 Å². The van der Waals surface area contributed by atoms with Crippen LogP contribution in [0.25, 0.3) is 0 Å². The summed E-state index contributed by atoms with van der Waals surface area (Å²) in [4.78, 5) is 27.2. The van der Waals surface area contributed by atoms with Gasteiger partial charge in [-0.3, -0.25) is 4.79 Å². The largest absolute Gasteiger partial charge is 0.465 e. The van der Waals surface area contributed by atoms with Crippen molar-refractivity contribution in [3.63, 3.8) is 0 Å². The molecule has 120 valence electrons. The molecule has 1 aromatic rings. The summed E-state index contributed by atoms with van der Waals surface area (Å²) in [5.74, 6) is 0.0764. The van der Waals surface area contributed by atoms with Gasteiger partial charge in [0.2, 0.25) is 5.91 Å². The zero-order valence-electron chi connectivity index (χ0n) is 13.5. The number of amides is 2. The number of carbonyl (C=O) groups is 2. The second-order valence-corrected chi connectivity index (χ2v) is 6.76. The molecule has 1 N–H and O–H groups in total. The number of likely N-dealkylation sites (tertiary alicyclic amines) is 1. The van der Waals surface area contributed by atoms with Gasteiger partial charge >= 0.3 is 6.09 Å². The fraction of sp³-hybridized carbons (Fsp3) is 0.529. The monoisotopic (exact) mass is 304 g/mol. The molecule has 0 spiro atoms. The molecule has 5 heteroatoms. The average molecular weight is 304 g/mol. The predicted octanol–water partition coefficient (Wildman–Crippen LogP) is 3.21. The third-order valence-electron chi connectivity index (χ3n) is 3.99. The van der Waals surface area contributed by atoms with Crippen LogP contribution in [-0.4, -0.2) is 41.1 Å². The van der Waals surface area contributed by atoms with Gasteiger partial charge in [0.1, 0.15) is 0 Å². The minimum Gasteiger partial charge on any atom is -0.465 e. The Balaban J connectivity index is 2.23. The minimum atomic E-state index is -0.883. The molecule has 0 unspecified atom stereocenters. The first kappa shape index (κ1) is 16.3. The van der Waals surface area contributed by atoms with Crippen LogP contribution in [0.15, 0.2) is 30.3 Å². The summed E-state index contributed by atoms with van der Waals surface area (Å²) in [5.41, 5.74) is 0.413. The third kappa shape index (κ3) is 3.59. The Kier molecular flexibility index (Phi) is 4.74. The minimum absolute atomic E-state index is 0.0460. The van der Waals surface area contributed by atoms with Gasteiger partial charge in [0.15, 0.2) is 0 Å². The Morgan fingerprint density at radius 1 is 1.14 bits per heavy atom. The van der Waals surface area contributed by atoms with Crippen molar-refractivity contribution in [3.8, 4) is 0 Å². The second-order valence-electron chi connectivity index (χ2n) is 6.76. The lowest BCUT2D eigenvalue weighted by molar-refractivity contribution is -0.126. The first-order valence-corrected chi connectivity index (χ1v) is 7.67. The molecule has 1 heterocycles. The van der Waals surface area contributed by atoms with E-state index in [1.807, 2.05) is 56.0 Å². The molecule has 2 amide bonds. The first-order valence-electron chi connectivity index (χ1n) is 7.67. The highest BCUT2D eigenvalue weighted by Crippen LogP contribution is 2.29. The van der Waals surface area contributed by atoms with Gasteiger partial charge in [0, 0.05) is 30.2 Å². The van der Waals surface area contributed by atoms with E-state index in [0.717, 1.165) is 5.69 Å². The van der Waals surface area contributed by atoms with Crippen molar-refractivity contribution < 1.29 is 14.7 Å². The van der Waals surface area contributed by atoms with E-state index in [1.165, 1.54) is 4.90 Å². The normalized spacial score (nSPS) is 16.4. The zero-order valence-corrected chi connectivity index (χ0v) is 13.5. The van der Waals surface area contributed by atoms with Gasteiger partial charge in [-0.2, -0.15) is 0 Å². The van der Waals surface area contributed by atoms with Crippen LogP contribution < -0.4 is 4.90 Å². The quantitative estimate of drug-likeness (QED) is 0.912. The Morgan fingerprint density at radius 2 is 1.68 bits per heavy atom. The average Bonchev–Trinajstić information content (AvgIpc) is 2.48. The van der Waals surface area contributed by atoms with Crippen molar-refractivity contribution in [3.05, 3.63) is 30.3 Å². The molecule has 0 aromatic heterocycles. The summed E-state index contributed by atoms with van der Waals surface area (Å²) in [7, 11) is 0. The van der Waals surface area contributed by atoms with Gasteiger partial charge in [-0.15, -0.1) is 0 Å². The molecule has 0 atom stereocenters. The molecule has 0 saturated carbocycles. The lowest BCUT2D eigenvalue weighted by Crippen LogP contribution is -2.51. The number of carbonyl (C=O) groups excluding carboxylic acids is 1. The summed E-state index contributed by atoms with van der Waals surface area (Å²) in [5, 5.41) is 9.06. The van der Waals surface area contributed by atoms with E-state index in [1.54, 1.807) is 0 Å². The summed E-state index contributed by atoms with van der Waals surface area (Å²) in [6.07, 6.45) is 0.457. The summed E-state index contributed by atoms with van der Waals surface area (Å²) < 4.78 is 0. The van der Waals surface area contributed by atoms with Crippen molar-refractivity contribution >= 4 is 17.7 Å². The van der Waals surface area contributed by atoms with Crippen LogP contribution in [-0.2, 0) is 4.79 Å². The Bertz CT molecular complexity index is 529. The molecule has 2 rings (SSSR count). The lowest BCUT2D eigenvalue weighted by atomic mass is 9.91. The van der Waals surface area contributed by atoms with Crippen LogP contribution in [0.2, 0.25) is 0 Å². The van der Waals surface area contributed by atoms with E-state index in [0.29, 0.717) is 25.9 Å². The van der Waals surface area contributed by atoms with Gasteiger partial charge < -0.3 is 14.9 Å². The van der Waals surface area contributed by atoms with Crippen LogP contribution in [0.5, 0.6) is 0 Å². The maximum absolute atomic E-state index is 12.9. The summed E-state index contributed by atoms with van der Waals surface area (Å²) in [6, 6.07) is 9.69. The number of hydrogen-bond donors (Lipinski definition) is 1. The zero-order chi connectivity index (χ0) is 16.3. The fourth-order valence-corrected chi connectivity index (χ4v) is 2.76. The molecule has 1 aliphatic rings. The molecule has 1 saturated heterocycles. The Morgan fingerprint density at radius 3 is 2.14 bits per heavy atom. The van der Waals surface area contributed by atoms with Gasteiger partial charge in [0.25, 0.3) is 0 Å². The van der Waals surface area contributed by atoms with Crippen molar-refractivity contribution in [1.82, 2.24) is 4.90 Å². The number of rotatable bonds is 2. The van der Waals surface area contributed by atoms with Crippen LogP contribution in [0.3, 0.4) is 0 Å². The van der Waals surface area contributed by atoms with Gasteiger partial charge in [-0.05, 0) is 25.0 Å². The maximum atomic E-state index is 12.9. The number of carboxylic acid groups (broad SMARTS) is 1. The number of anilines is 1. The first-order chi connectivity index (χ1) is 10.3. The maximum Gasteiger partial charge on any atom is 0.407 e. The van der Waals surface area contributed by atoms with E-state index < -0.39 is 11.5 Å². The van der Waals surface area contributed by atoms with E-state index >= 15 is 0 Å². The van der Waals surface area contributed by atoms with Crippen LogP contribution in [0.1, 0.15) is 33.6 Å². The standard InChI is InChI=1S/C17H24N2O3/c1-17(2,3)15(20)19(13-7-5-4-6-8-13)14-9-11-18(12-10-14)16(21)22/h4-8,14H,9-12H2,1-3H3,(H,21,22). The SMILES string of the molecule is CC(C)(C)C(=O)N(c1ccccc1)C1CCN(C(=O)O)CC1. The number of piperidine rings is 1. The Labute approximate surface area is 131 Å². The van der Waals surface area contributed by atoms with E-state index in [9.17, 15) is 9.59 Å². The predicted molar refractivity (Wildman–Crippen MR) is 86.0 cm³/mol. The lowest BCUT2D eigenvalue weighted by Gasteiger charge is -2.40. The fourth-order valence-electron chi connectivity index (χ4n) is 2.76. The van der Waals surface area contributed by atoms with Crippen LogP contribution >= 0.6 is 0 Å². The van der Waals surface area contributed by atoms with Gasteiger partial charge in [-0.1, -0.05) is 39.0 Å². The highest BCUT2D eigenvalue weighted by molar-refractivity contribution is 5.97. The van der Waals surface area contributed by atoms with Crippen molar-refractivity contribution in [2.45, 2.75) is 39.7 Å². The van der Waals surface area contributed by atoms with Crippen molar-refractivity contribution in [1.29, 1.82) is 0 Å². The van der Waals surface area contributed by atoms with Crippen molar-refractivity contribution in [2.75, 3.05) is 18.0 Å². The van der Waals surface area contributed by atoms with Crippen LogP contribution in [0.4, 0.5) is 10.5 Å². The summed E-state index contributed by atoms with van der Waals surface area (Å²) in [6.45, 7) is 6.69. The highest BCUT2D eigenvalue weighted by Gasteiger charge is 2.35. The highest BCUT2D eigenvalue weighted by atomic mass is 16.4. The molecule has 1 aliphatic heterocycles. The molecule has 0 aliphatic carbocycles. The topological polar surface area (TPSA) is 60.9 Å². The second kappa shape index (κ2) is 6.38. The van der Waals surface area contributed by atoms with Gasteiger partial charge in [-0.25, -0.2) is 4.79 Å². The molecule has 1 aromatic carbocycles. The number of nitrogens with zero attached hydrogens (tertiary/aromatic N) is 2. The molecular formula is C17H24N2O3.